The van der Waals surface area contributed by atoms with Gasteiger partial charge < -0.3 is 15.2 Å². The molecule has 100 valence electrons. The summed E-state index contributed by atoms with van der Waals surface area (Å²) in [5.74, 6) is -1.47. The monoisotopic (exact) mass is 256 g/mol. The van der Waals surface area contributed by atoms with Crippen molar-refractivity contribution in [2.75, 3.05) is 13.7 Å². The average Bonchev–Trinajstić information content (AvgIpc) is 2.73. The van der Waals surface area contributed by atoms with Gasteiger partial charge in [-0.15, -0.1) is 5.10 Å². The second-order valence-corrected chi connectivity index (χ2v) is 4.34. The SMILES string of the molecule is COC(C)(C)CNC(=O)c1cn(CC(=O)O)nn1. The first-order valence-electron chi connectivity index (χ1n) is 5.29. The van der Waals surface area contributed by atoms with Crippen molar-refractivity contribution in [2.24, 2.45) is 0 Å². The molecule has 8 nitrogen and oxygen atoms in total. The van der Waals surface area contributed by atoms with Crippen molar-refractivity contribution in [3.63, 3.8) is 0 Å². The number of nitrogens with one attached hydrogen (secondary N) is 1. The highest BCUT2D eigenvalue weighted by atomic mass is 16.5. The number of rotatable bonds is 6. The second kappa shape index (κ2) is 5.58. The summed E-state index contributed by atoms with van der Waals surface area (Å²) in [6.07, 6.45) is 1.28. The van der Waals surface area contributed by atoms with Crippen LogP contribution in [0.4, 0.5) is 0 Å². The van der Waals surface area contributed by atoms with Crippen LogP contribution < -0.4 is 5.32 Å². The van der Waals surface area contributed by atoms with Crippen LogP contribution in [0.15, 0.2) is 6.20 Å². The maximum atomic E-state index is 11.7. The number of hydrogen-bond acceptors (Lipinski definition) is 5. The molecule has 0 atom stereocenters. The van der Waals surface area contributed by atoms with E-state index in [9.17, 15) is 9.59 Å². The molecule has 8 heteroatoms. The van der Waals surface area contributed by atoms with Gasteiger partial charge >= 0.3 is 5.97 Å². The lowest BCUT2D eigenvalue weighted by atomic mass is 10.1. The van der Waals surface area contributed by atoms with Crippen LogP contribution in [-0.4, -0.2) is 51.2 Å². The molecule has 1 amide bonds. The fraction of sp³-hybridized carbons (Fsp3) is 0.600. The van der Waals surface area contributed by atoms with Crippen LogP contribution >= 0.6 is 0 Å². The van der Waals surface area contributed by atoms with Gasteiger partial charge in [0.1, 0.15) is 6.54 Å². The summed E-state index contributed by atoms with van der Waals surface area (Å²) in [5.41, 5.74) is -0.407. The van der Waals surface area contributed by atoms with Gasteiger partial charge in [-0.05, 0) is 13.8 Å². The molecule has 0 saturated carbocycles. The van der Waals surface area contributed by atoms with E-state index in [1.54, 1.807) is 7.11 Å². The summed E-state index contributed by atoms with van der Waals surface area (Å²) in [6.45, 7) is 3.64. The summed E-state index contributed by atoms with van der Waals surface area (Å²) in [4.78, 5) is 22.1. The zero-order valence-electron chi connectivity index (χ0n) is 10.5. The van der Waals surface area contributed by atoms with E-state index in [-0.39, 0.29) is 12.2 Å². The molecule has 1 heterocycles. The molecule has 0 spiro atoms. The fourth-order valence-corrected chi connectivity index (χ4v) is 1.07. The highest BCUT2D eigenvalue weighted by Crippen LogP contribution is 2.05. The number of ether oxygens (including phenoxy) is 1. The van der Waals surface area contributed by atoms with Crippen molar-refractivity contribution < 1.29 is 19.4 Å². The Morgan fingerprint density at radius 3 is 2.78 bits per heavy atom. The lowest BCUT2D eigenvalue weighted by Gasteiger charge is -2.22. The molecule has 0 aromatic carbocycles. The molecule has 0 saturated heterocycles. The molecule has 0 aliphatic heterocycles. The number of methoxy groups -OCH3 is 1. The average molecular weight is 256 g/mol. The van der Waals surface area contributed by atoms with Crippen LogP contribution in [0.1, 0.15) is 24.3 Å². The maximum absolute atomic E-state index is 11.7. The molecule has 0 fully saturated rings. The molecule has 0 radical (unpaired) electrons. The first kappa shape index (κ1) is 14.1. The molecule has 1 aromatic heterocycles. The van der Waals surface area contributed by atoms with Crippen LogP contribution in [-0.2, 0) is 16.1 Å². The van der Waals surface area contributed by atoms with E-state index >= 15 is 0 Å². The van der Waals surface area contributed by atoms with E-state index in [1.807, 2.05) is 13.8 Å². The van der Waals surface area contributed by atoms with Crippen LogP contribution in [0.3, 0.4) is 0 Å². The molecule has 2 N–H and O–H groups in total. The van der Waals surface area contributed by atoms with E-state index in [4.69, 9.17) is 9.84 Å². The van der Waals surface area contributed by atoms with Gasteiger partial charge in [-0.3, -0.25) is 9.59 Å². The lowest BCUT2D eigenvalue weighted by Crippen LogP contribution is -2.39. The summed E-state index contributed by atoms with van der Waals surface area (Å²) in [7, 11) is 1.55. The Labute approximate surface area is 104 Å². The highest BCUT2D eigenvalue weighted by Gasteiger charge is 2.19. The molecular formula is C10H16N4O4. The van der Waals surface area contributed by atoms with Crippen LogP contribution in [0.25, 0.3) is 0 Å². The zero-order valence-corrected chi connectivity index (χ0v) is 10.5. The minimum absolute atomic E-state index is 0.0724. The Morgan fingerprint density at radius 2 is 2.22 bits per heavy atom. The summed E-state index contributed by atoms with van der Waals surface area (Å²) < 4.78 is 6.23. The fourth-order valence-electron chi connectivity index (χ4n) is 1.07. The van der Waals surface area contributed by atoms with Crippen molar-refractivity contribution in [3.8, 4) is 0 Å². The molecule has 1 aromatic rings. The van der Waals surface area contributed by atoms with E-state index < -0.39 is 17.5 Å². The van der Waals surface area contributed by atoms with E-state index in [2.05, 4.69) is 15.6 Å². The largest absolute Gasteiger partial charge is 0.480 e. The summed E-state index contributed by atoms with van der Waals surface area (Å²) in [5, 5.41) is 18.3. The van der Waals surface area contributed by atoms with Gasteiger partial charge in [-0.1, -0.05) is 5.21 Å². The lowest BCUT2D eigenvalue weighted by molar-refractivity contribution is -0.137. The van der Waals surface area contributed by atoms with Crippen molar-refractivity contribution in [1.82, 2.24) is 20.3 Å². The van der Waals surface area contributed by atoms with Crippen molar-refractivity contribution in [1.29, 1.82) is 0 Å². The van der Waals surface area contributed by atoms with Gasteiger partial charge in [0, 0.05) is 13.7 Å². The number of nitrogens with zero attached hydrogens (tertiary/aromatic N) is 3. The maximum Gasteiger partial charge on any atom is 0.325 e. The smallest absolute Gasteiger partial charge is 0.325 e. The topological polar surface area (TPSA) is 106 Å². The molecule has 18 heavy (non-hydrogen) atoms. The number of aromatic nitrogens is 3. The Morgan fingerprint density at radius 1 is 1.56 bits per heavy atom. The molecule has 0 bridgehead atoms. The van der Waals surface area contributed by atoms with E-state index in [0.717, 1.165) is 4.68 Å². The van der Waals surface area contributed by atoms with Gasteiger partial charge in [0.05, 0.1) is 11.8 Å². The second-order valence-electron chi connectivity index (χ2n) is 4.34. The number of amides is 1. The molecule has 0 unspecified atom stereocenters. The third-order valence-corrected chi connectivity index (χ3v) is 2.30. The zero-order chi connectivity index (χ0) is 13.8. The minimum atomic E-state index is -1.05. The molecular weight excluding hydrogens is 240 g/mol. The van der Waals surface area contributed by atoms with Crippen molar-refractivity contribution in [3.05, 3.63) is 11.9 Å². The quantitative estimate of drug-likeness (QED) is 0.711. The number of aliphatic carboxylic acids is 1. The minimum Gasteiger partial charge on any atom is -0.480 e. The van der Waals surface area contributed by atoms with Gasteiger partial charge in [0.25, 0.3) is 5.91 Å². The standard InChI is InChI=1S/C10H16N4O4/c1-10(2,18-3)6-11-9(17)7-4-14(13-12-7)5-8(15)16/h4H,5-6H2,1-3H3,(H,11,17)(H,15,16). The number of carboxylic acid groups (broad SMARTS) is 1. The number of carbonyl (C=O) groups is 2. The Hall–Kier alpha value is -1.96. The first-order valence-corrected chi connectivity index (χ1v) is 5.29. The number of carboxylic acids is 1. The highest BCUT2D eigenvalue weighted by molar-refractivity contribution is 5.91. The Balaban J connectivity index is 2.57. The van der Waals surface area contributed by atoms with Crippen molar-refractivity contribution in [2.45, 2.75) is 26.0 Å². The normalized spacial score (nSPS) is 11.3. The Kier molecular flexibility index (Phi) is 4.38. The van der Waals surface area contributed by atoms with E-state index in [1.165, 1.54) is 6.20 Å². The van der Waals surface area contributed by atoms with Crippen molar-refractivity contribution >= 4 is 11.9 Å². The number of carbonyl (C=O) groups excluding carboxylic acids is 1. The summed E-state index contributed by atoms with van der Waals surface area (Å²) in [6, 6.07) is 0. The van der Waals surface area contributed by atoms with Gasteiger partial charge in [-0.2, -0.15) is 0 Å². The third kappa shape index (κ3) is 4.13. The van der Waals surface area contributed by atoms with Gasteiger partial charge in [-0.25, -0.2) is 4.68 Å². The van der Waals surface area contributed by atoms with Gasteiger partial charge in [0.15, 0.2) is 5.69 Å². The molecule has 1 rings (SSSR count). The van der Waals surface area contributed by atoms with Gasteiger partial charge in [0.2, 0.25) is 0 Å². The first-order chi connectivity index (χ1) is 8.34. The molecule has 0 aliphatic rings. The van der Waals surface area contributed by atoms with E-state index in [0.29, 0.717) is 6.54 Å². The number of hydrogen-bond donors (Lipinski definition) is 2. The molecule has 0 aliphatic carbocycles. The van der Waals surface area contributed by atoms with Crippen LogP contribution in [0, 0.1) is 0 Å². The summed E-state index contributed by atoms with van der Waals surface area (Å²) >= 11 is 0. The predicted octanol–water partition coefficient (Wildman–Crippen LogP) is -0.482. The third-order valence-electron chi connectivity index (χ3n) is 2.30. The predicted molar refractivity (Wildman–Crippen MR) is 61.1 cm³/mol. The van der Waals surface area contributed by atoms with Crippen LogP contribution in [0.5, 0.6) is 0 Å². The Bertz CT molecular complexity index is 441. The van der Waals surface area contributed by atoms with Crippen LogP contribution in [0.2, 0.25) is 0 Å².